The molecule has 0 aliphatic carbocycles. The standard InChI is InChI=1S/C11H15IO4/c1-6(5-12)9(13)7(2)10(14)8(3)11(15)16-4/h5,7-8H,1-4H3/b6-5-. The second kappa shape index (κ2) is 6.78. The maximum atomic E-state index is 11.8. The number of Topliss-reactive ketones (excluding diaryl/α,β-unsaturated/α-hetero) is 2. The summed E-state index contributed by atoms with van der Waals surface area (Å²) < 4.78 is 6.08. The van der Waals surface area contributed by atoms with Gasteiger partial charge in [0.05, 0.1) is 13.0 Å². The highest BCUT2D eigenvalue weighted by Crippen LogP contribution is 2.14. The average molecular weight is 338 g/mol. The van der Waals surface area contributed by atoms with Gasteiger partial charge < -0.3 is 4.74 Å². The molecule has 0 rings (SSSR count). The van der Waals surface area contributed by atoms with E-state index in [4.69, 9.17) is 0 Å². The van der Waals surface area contributed by atoms with Gasteiger partial charge in [-0.25, -0.2) is 0 Å². The van der Waals surface area contributed by atoms with Crippen molar-refractivity contribution in [2.24, 2.45) is 11.8 Å². The lowest BCUT2D eigenvalue weighted by Crippen LogP contribution is -2.31. The zero-order valence-corrected chi connectivity index (χ0v) is 11.9. The van der Waals surface area contributed by atoms with Crippen LogP contribution in [-0.4, -0.2) is 24.6 Å². The monoisotopic (exact) mass is 338 g/mol. The van der Waals surface area contributed by atoms with Gasteiger partial charge in [-0.2, -0.15) is 0 Å². The zero-order chi connectivity index (χ0) is 12.9. The smallest absolute Gasteiger partial charge is 0.315 e. The van der Waals surface area contributed by atoms with Gasteiger partial charge in [0, 0.05) is 0 Å². The molecular formula is C11H15IO4. The number of esters is 1. The zero-order valence-electron chi connectivity index (χ0n) is 9.74. The van der Waals surface area contributed by atoms with E-state index in [9.17, 15) is 14.4 Å². The lowest BCUT2D eigenvalue weighted by atomic mass is 9.90. The Morgan fingerprint density at radius 2 is 1.69 bits per heavy atom. The highest BCUT2D eigenvalue weighted by molar-refractivity contribution is 14.1. The van der Waals surface area contributed by atoms with Crippen LogP contribution in [0.25, 0.3) is 0 Å². The Hall–Kier alpha value is -0.720. The van der Waals surface area contributed by atoms with Crippen LogP contribution in [0.2, 0.25) is 0 Å². The van der Waals surface area contributed by atoms with Crippen molar-refractivity contribution in [1.29, 1.82) is 0 Å². The lowest BCUT2D eigenvalue weighted by molar-refractivity contribution is -0.150. The molecule has 0 fully saturated rings. The molecule has 0 aromatic rings. The van der Waals surface area contributed by atoms with Crippen molar-refractivity contribution < 1.29 is 19.1 Å². The van der Waals surface area contributed by atoms with Gasteiger partial charge in [-0.15, -0.1) is 0 Å². The minimum Gasteiger partial charge on any atom is -0.468 e. The van der Waals surface area contributed by atoms with E-state index in [2.05, 4.69) is 4.74 Å². The first kappa shape index (κ1) is 15.3. The molecule has 4 nitrogen and oxygen atoms in total. The average Bonchev–Trinajstić information content (AvgIpc) is 2.32. The summed E-state index contributed by atoms with van der Waals surface area (Å²) in [7, 11) is 1.22. The van der Waals surface area contributed by atoms with Crippen molar-refractivity contribution >= 4 is 40.1 Å². The van der Waals surface area contributed by atoms with E-state index in [0.29, 0.717) is 5.57 Å². The van der Waals surface area contributed by atoms with Crippen LogP contribution in [0, 0.1) is 11.8 Å². The maximum absolute atomic E-state index is 11.8. The van der Waals surface area contributed by atoms with Gasteiger partial charge >= 0.3 is 5.97 Å². The Labute approximate surface area is 109 Å². The molecule has 0 N–H and O–H groups in total. The number of methoxy groups -OCH3 is 1. The first-order valence-electron chi connectivity index (χ1n) is 4.79. The fraction of sp³-hybridized carbons (Fsp3) is 0.545. The quantitative estimate of drug-likeness (QED) is 0.333. The molecule has 90 valence electrons. The molecule has 0 spiro atoms. The Morgan fingerprint density at radius 3 is 2.06 bits per heavy atom. The Kier molecular flexibility index (Phi) is 6.47. The molecule has 2 atom stereocenters. The molecule has 0 amide bonds. The molecule has 0 aliphatic heterocycles. The molecule has 5 heteroatoms. The summed E-state index contributed by atoms with van der Waals surface area (Å²) in [6, 6.07) is 0. The lowest BCUT2D eigenvalue weighted by Gasteiger charge is -2.13. The largest absolute Gasteiger partial charge is 0.468 e. The number of halogens is 1. The van der Waals surface area contributed by atoms with Gasteiger partial charge in [0.15, 0.2) is 11.6 Å². The summed E-state index contributed by atoms with van der Waals surface area (Å²) in [6.07, 6.45) is 0. The molecule has 0 saturated carbocycles. The predicted octanol–water partition coefficient (Wildman–Crippen LogP) is 1.91. The summed E-state index contributed by atoms with van der Waals surface area (Å²) in [4.78, 5) is 34.6. The minimum atomic E-state index is -0.897. The number of hydrogen-bond acceptors (Lipinski definition) is 4. The van der Waals surface area contributed by atoms with Gasteiger partial charge in [-0.3, -0.25) is 14.4 Å². The van der Waals surface area contributed by atoms with Crippen LogP contribution in [0.1, 0.15) is 20.8 Å². The van der Waals surface area contributed by atoms with E-state index in [1.807, 2.05) is 22.6 Å². The number of hydrogen-bond donors (Lipinski definition) is 0. The Balaban J connectivity index is 4.75. The summed E-state index contributed by atoms with van der Waals surface area (Å²) in [5, 5.41) is 0. The van der Waals surface area contributed by atoms with Crippen LogP contribution in [-0.2, 0) is 19.1 Å². The Bertz CT molecular complexity index is 333. The fourth-order valence-corrected chi connectivity index (χ4v) is 1.50. The van der Waals surface area contributed by atoms with E-state index in [1.54, 1.807) is 11.0 Å². The van der Waals surface area contributed by atoms with Crippen LogP contribution in [0.15, 0.2) is 9.66 Å². The van der Waals surface area contributed by atoms with Crippen molar-refractivity contribution in [3.8, 4) is 0 Å². The molecule has 0 saturated heterocycles. The number of carbonyl (C=O) groups is 3. The number of ketones is 2. The van der Waals surface area contributed by atoms with Crippen LogP contribution in [0.3, 0.4) is 0 Å². The number of rotatable bonds is 5. The van der Waals surface area contributed by atoms with Gasteiger partial charge in [0.2, 0.25) is 0 Å². The molecule has 0 radical (unpaired) electrons. The first-order valence-corrected chi connectivity index (χ1v) is 6.04. The molecule has 0 aliphatic rings. The molecule has 2 unspecified atom stereocenters. The fourth-order valence-electron chi connectivity index (χ4n) is 1.19. The Morgan fingerprint density at radius 1 is 1.19 bits per heavy atom. The summed E-state index contributed by atoms with van der Waals surface area (Å²) in [6.45, 7) is 4.59. The third kappa shape index (κ3) is 3.70. The second-order valence-corrected chi connectivity index (χ2v) is 4.15. The number of carbonyl (C=O) groups excluding carboxylic acids is 3. The van der Waals surface area contributed by atoms with Crippen molar-refractivity contribution in [3.63, 3.8) is 0 Å². The van der Waals surface area contributed by atoms with Crippen molar-refractivity contribution in [1.82, 2.24) is 0 Å². The predicted molar refractivity (Wildman–Crippen MR) is 68.1 cm³/mol. The normalized spacial score (nSPS) is 15.2. The van der Waals surface area contributed by atoms with Crippen LogP contribution >= 0.6 is 22.6 Å². The topological polar surface area (TPSA) is 60.4 Å². The highest BCUT2D eigenvalue weighted by atomic mass is 127. The molecule has 16 heavy (non-hydrogen) atoms. The van der Waals surface area contributed by atoms with Crippen LogP contribution in [0.5, 0.6) is 0 Å². The highest BCUT2D eigenvalue weighted by Gasteiger charge is 2.31. The molecular weight excluding hydrogens is 323 g/mol. The van der Waals surface area contributed by atoms with Crippen LogP contribution in [0.4, 0.5) is 0 Å². The van der Waals surface area contributed by atoms with Gasteiger partial charge in [-0.1, -0.05) is 22.6 Å². The summed E-state index contributed by atoms with van der Waals surface area (Å²) >= 11 is 1.94. The third-order valence-corrected chi connectivity index (χ3v) is 3.29. The van der Waals surface area contributed by atoms with E-state index < -0.39 is 23.6 Å². The van der Waals surface area contributed by atoms with Crippen molar-refractivity contribution in [2.45, 2.75) is 20.8 Å². The molecule has 0 aromatic heterocycles. The minimum absolute atomic E-state index is 0.254. The number of allylic oxidation sites excluding steroid dienone is 1. The van der Waals surface area contributed by atoms with E-state index >= 15 is 0 Å². The molecule has 0 heterocycles. The van der Waals surface area contributed by atoms with E-state index in [-0.39, 0.29) is 5.78 Å². The molecule has 0 aromatic carbocycles. The van der Waals surface area contributed by atoms with Gasteiger partial charge in [-0.05, 0) is 30.4 Å². The molecule has 0 bridgehead atoms. The van der Waals surface area contributed by atoms with Crippen molar-refractivity contribution in [3.05, 3.63) is 9.66 Å². The van der Waals surface area contributed by atoms with E-state index in [1.165, 1.54) is 21.0 Å². The van der Waals surface area contributed by atoms with Gasteiger partial charge in [0.25, 0.3) is 0 Å². The van der Waals surface area contributed by atoms with E-state index in [0.717, 1.165) is 0 Å². The third-order valence-electron chi connectivity index (χ3n) is 2.35. The van der Waals surface area contributed by atoms with Crippen LogP contribution < -0.4 is 0 Å². The SMILES string of the molecule is COC(=O)C(C)C(=O)C(C)C(=O)/C(C)=C\I. The first-order chi connectivity index (χ1) is 7.36. The summed E-state index contributed by atoms with van der Waals surface area (Å²) in [5.41, 5.74) is 0.513. The number of ether oxygens (including phenoxy) is 1. The second-order valence-electron chi connectivity index (χ2n) is 3.53. The maximum Gasteiger partial charge on any atom is 0.315 e. The van der Waals surface area contributed by atoms with Crippen molar-refractivity contribution in [2.75, 3.05) is 7.11 Å². The van der Waals surface area contributed by atoms with Gasteiger partial charge in [0.1, 0.15) is 5.92 Å². The summed E-state index contributed by atoms with van der Waals surface area (Å²) in [5.74, 6) is -2.98.